The van der Waals surface area contributed by atoms with Crippen molar-refractivity contribution >= 4 is 5.91 Å². The maximum atomic E-state index is 12.5. The summed E-state index contributed by atoms with van der Waals surface area (Å²) in [6.45, 7) is 7.30. The number of aromatic nitrogens is 2. The molecule has 3 rings (SSSR count). The van der Waals surface area contributed by atoms with Crippen LogP contribution in [0.1, 0.15) is 38.1 Å². The van der Waals surface area contributed by atoms with Crippen molar-refractivity contribution in [2.75, 3.05) is 39.4 Å². The predicted octanol–water partition coefficient (Wildman–Crippen LogP) is 1.43. The van der Waals surface area contributed by atoms with E-state index in [0.717, 1.165) is 58.1 Å². The van der Waals surface area contributed by atoms with Crippen molar-refractivity contribution in [3.8, 4) is 0 Å². The normalized spacial score (nSPS) is 26.5. The Balaban J connectivity index is 1.56. The first-order valence-corrected chi connectivity index (χ1v) is 8.36. The standard InChI is InChI=1S/C16H26N4O2/c1-2-19-8-9-20(11-14(19)16-17-6-7-18-16)15(21)4-3-13-5-10-22-12-13/h6-7,13-14H,2-5,8-12H2,1H3,(H,17,18)/t13-,14-/m0/s1. The minimum absolute atomic E-state index is 0.188. The Hall–Kier alpha value is -1.40. The molecule has 2 fully saturated rings. The number of imidazole rings is 1. The fourth-order valence-corrected chi connectivity index (χ4v) is 3.44. The Kier molecular flexibility index (Phi) is 5.10. The van der Waals surface area contributed by atoms with Gasteiger partial charge in [0.1, 0.15) is 5.82 Å². The first-order chi connectivity index (χ1) is 10.8. The molecule has 2 aliphatic heterocycles. The highest BCUT2D eigenvalue weighted by atomic mass is 16.5. The molecule has 3 heterocycles. The third-order valence-electron chi connectivity index (χ3n) is 4.88. The van der Waals surface area contributed by atoms with Crippen molar-refractivity contribution in [1.29, 1.82) is 0 Å². The molecule has 6 nitrogen and oxygen atoms in total. The summed E-state index contributed by atoms with van der Waals surface area (Å²) < 4.78 is 5.39. The SMILES string of the molecule is CCN1CCN(C(=O)CC[C@H]2CCOC2)C[C@H]1c1ncc[nH]1. The maximum absolute atomic E-state index is 12.5. The molecule has 122 valence electrons. The maximum Gasteiger partial charge on any atom is 0.222 e. The first kappa shape index (κ1) is 15.5. The summed E-state index contributed by atoms with van der Waals surface area (Å²) in [4.78, 5) is 24.5. The Morgan fingerprint density at radius 3 is 3.09 bits per heavy atom. The second-order valence-electron chi connectivity index (χ2n) is 6.23. The summed E-state index contributed by atoms with van der Waals surface area (Å²) in [5, 5.41) is 0. The third-order valence-corrected chi connectivity index (χ3v) is 4.88. The van der Waals surface area contributed by atoms with Crippen molar-refractivity contribution < 1.29 is 9.53 Å². The molecule has 0 spiro atoms. The molecular weight excluding hydrogens is 280 g/mol. The Morgan fingerprint density at radius 1 is 1.50 bits per heavy atom. The highest BCUT2D eigenvalue weighted by Crippen LogP contribution is 2.24. The lowest BCUT2D eigenvalue weighted by Gasteiger charge is -2.40. The molecule has 0 unspecified atom stereocenters. The Labute approximate surface area is 131 Å². The van der Waals surface area contributed by atoms with E-state index in [1.165, 1.54) is 0 Å². The van der Waals surface area contributed by atoms with E-state index in [-0.39, 0.29) is 11.9 Å². The number of hydrogen-bond donors (Lipinski definition) is 1. The number of hydrogen-bond acceptors (Lipinski definition) is 4. The number of nitrogens with one attached hydrogen (secondary N) is 1. The first-order valence-electron chi connectivity index (χ1n) is 8.36. The fourth-order valence-electron chi connectivity index (χ4n) is 3.44. The summed E-state index contributed by atoms with van der Waals surface area (Å²) in [6.07, 6.45) is 6.34. The third kappa shape index (κ3) is 3.50. The van der Waals surface area contributed by atoms with E-state index in [1.807, 2.05) is 11.1 Å². The predicted molar refractivity (Wildman–Crippen MR) is 83.3 cm³/mol. The molecule has 22 heavy (non-hydrogen) atoms. The second-order valence-corrected chi connectivity index (χ2v) is 6.23. The van der Waals surface area contributed by atoms with E-state index >= 15 is 0 Å². The molecule has 0 radical (unpaired) electrons. The number of ether oxygens (including phenoxy) is 1. The zero-order chi connectivity index (χ0) is 15.4. The largest absolute Gasteiger partial charge is 0.381 e. The van der Waals surface area contributed by atoms with Gasteiger partial charge in [-0.3, -0.25) is 9.69 Å². The van der Waals surface area contributed by atoms with E-state index in [9.17, 15) is 4.79 Å². The van der Waals surface area contributed by atoms with Gasteiger partial charge in [0.15, 0.2) is 0 Å². The van der Waals surface area contributed by atoms with Crippen LogP contribution >= 0.6 is 0 Å². The molecule has 0 aliphatic carbocycles. The number of aromatic amines is 1. The van der Waals surface area contributed by atoms with Crippen LogP contribution in [0.3, 0.4) is 0 Å². The number of carbonyl (C=O) groups is 1. The number of H-pyrrole nitrogens is 1. The summed E-state index contributed by atoms with van der Waals surface area (Å²) in [6, 6.07) is 0.188. The van der Waals surface area contributed by atoms with Crippen LogP contribution in [-0.4, -0.2) is 65.1 Å². The van der Waals surface area contributed by atoms with Gasteiger partial charge in [-0.05, 0) is 25.3 Å². The summed E-state index contributed by atoms with van der Waals surface area (Å²) in [7, 11) is 0. The summed E-state index contributed by atoms with van der Waals surface area (Å²) >= 11 is 0. The molecule has 1 N–H and O–H groups in total. The molecule has 0 saturated carbocycles. The molecule has 1 amide bonds. The van der Waals surface area contributed by atoms with Crippen LogP contribution in [0.4, 0.5) is 0 Å². The molecule has 0 bridgehead atoms. The molecule has 0 aromatic carbocycles. The van der Waals surface area contributed by atoms with Crippen LogP contribution in [0.15, 0.2) is 12.4 Å². The highest BCUT2D eigenvalue weighted by Gasteiger charge is 2.31. The van der Waals surface area contributed by atoms with Gasteiger partial charge in [-0.15, -0.1) is 0 Å². The number of rotatable bonds is 5. The van der Waals surface area contributed by atoms with Crippen LogP contribution < -0.4 is 0 Å². The number of likely N-dealkylation sites (N-methyl/N-ethyl adjacent to an activating group) is 1. The van der Waals surface area contributed by atoms with Crippen LogP contribution in [0, 0.1) is 5.92 Å². The lowest BCUT2D eigenvalue weighted by atomic mass is 10.0. The highest BCUT2D eigenvalue weighted by molar-refractivity contribution is 5.76. The minimum atomic E-state index is 0.188. The fraction of sp³-hybridized carbons (Fsp3) is 0.750. The van der Waals surface area contributed by atoms with Gasteiger partial charge in [0.25, 0.3) is 0 Å². The number of nitrogens with zero attached hydrogens (tertiary/aromatic N) is 3. The lowest BCUT2D eigenvalue weighted by molar-refractivity contribution is -0.134. The van der Waals surface area contributed by atoms with Crippen LogP contribution in [0.5, 0.6) is 0 Å². The van der Waals surface area contributed by atoms with Gasteiger partial charge in [-0.2, -0.15) is 0 Å². The Morgan fingerprint density at radius 2 is 2.41 bits per heavy atom. The van der Waals surface area contributed by atoms with Gasteiger partial charge in [0.05, 0.1) is 6.04 Å². The monoisotopic (exact) mass is 306 g/mol. The quantitative estimate of drug-likeness (QED) is 0.894. The molecule has 6 heteroatoms. The van der Waals surface area contributed by atoms with Gasteiger partial charge in [-0.25, -0.2) is 4.98 Å². The van der Waals surface area contributed by atoms with Crippen molar-refractivity contribution in [2.24, 2.45) is 5.92 Å². The van der Waals surface area contributed by atoms with Crippen LogP contribution in [-0.2, 0) is 9.53 Å². The average Bonchev–Trinajstić information content (AvgIpc) is 3.25. The zero-order valence-electron chi connectivity index (χ0n) is 13.3. The summed E-state index contributed by atoms with van der Waals surface area (Å²) in [5.74, 6) is 1.81. The van der Waals surface area contributed by atoms with E-state index in [4.69, 9.17) is 4.74 Å². The van der Waals surface area contributed by atoms with E-state index in [0.29, 0.717) is 12.3 Å². The smallest absolute Gasteiger partial charge is 0.222 e. The molecule has 1 aromatic rings. The summed E-state index contributed by atoms with van der Waals surface area (Å²) in [5.41, 5.74) is 0. The van der Waals surface area contributed by atoms with Gasteiger partial charge in [-0.1, -0.05) is 6.92 Å². The van der Waals surface area contributed by atoms with Gasteiger partial charge in [0.2, 0.25) is 5.91 Å². The van der Waals surface area contributed by atoms with Gasteiger partial charge >= 0.3 is 0 Å². The van der Waals surface area contributed by atoms with Crippen molar-refractivity contribution in [3.63, 3.8) is 0 Å². The van der Waals surface area contributed by atoms with E-state index < -0.39 is 0 Å². The zero-order valence-corrected chi connectivity index (χ0v) is 13.3. The van der Waals surface area contributed by atoms with Crippen molar-refractivity contribution in [1.82, 2.24) is 19.8 Å². The van der Waals surface area contributed by atoms with E-state index in [2.05, 4.69) is 21.8 Å². The second kappa shape index (κ2) is 7.24. The van der Waals surface area contributed by atoms with E-state index in [1.54, 1.807) is 6.20 Å². The van der Waals surface area contributed by atoms with Crippen molar-refractivity contribution in [2.45, 2.75) is 32.2 Å². The minimum Gasteiger partial charge on any atom is -0.381 e. The van der Waals surface area contributed by atoms with Crippen LogP contribution in [0.25, 0.3) is 0 Å². The van der Waals surface area contributed by atoms with Gasteiger partial charge < -0.3 is 14.6 Å². The number of amides is 1. The molecule has 1 aromatic heterocycles. The molecule has 2 saturated heterocycles. The van der Waals surface area contributed by atoms with Crippen molar-refractivity contribution in [3.05, 3.63) is 18.2 Å². The van der Waals surface area contributed by atoms with Gasteiger partial charge in [0, 0.05) is 51.7 Å². The number of carbonyl (C=O) groups excluding carboxylic acids is 1. The molecule has 2 aliphatic rings. The molecular formula is C16H26N4O2. The van der Waals surface area contributed by atoms with Crippen LogP contribution in [0.2, 0.25) is 0 Å². The Bertz CT molecular complexity index is 471. The molecule has 2 atom stereocenters. The lowest BCUT2D eigenvalue weighted by Crippen LogP contribution is -2.50. The average molecular weight is 306 g/mol. The number of piperazine rings is 1. The topological polar surface area (TPSA) is 61.5 Å².